The van der Waals surface area contributed by atoms with Gasteiger partial charge in [0.2, 0.25) is 0 Å². The molecule has 1 N–H and O–H groups in total. The molecule has 0 saturated heterocycles. The second kappa shape index (κ2) is 5.77. The minimum atomic E-state index is -1.20. The van der Waals surface area contributed by atoms with Crippen molar-refractivity contribution in [3.8, 4) is 0 Å². The summed E-state index contributed by atoms with van der Waals surface area (Å²) < 4.78 is 41.1. The highest BCUT2D eigenvalue weighted by molar-refractivity contribution is 5.45. The fraction of sp³-hybridized carbons (Fsp3) is 0.308. The molecule has 102 valence electrons. The monoisotopic (exact) mass is 269 g/mol. The third kappa shape index (κ3) is 3.07. The quantitative estimate of drug-likeness (QED) is 0.844. The Hall–Kier alpha value is -1.98. The van der Waals surface area contributed by atoms with Crippen molar-refractivity contribution in [3.63, 3.8) is 0 Å². The van der Waals surface area contributed by atoms with E-state index in [0.29, 0.717) is 11.9 Å². The minimum Gasteiger partial charge on any atom is -0.375 e. The first-order chi connectivity index (χ1) is 9.11. The zero-order valence-corrected chi connectivity index (χ0v) is 10.5. The number of hydrogen-bond acceptors (Lipinski definition) is 2. The van der Waals surface area contributed by atoms with Crippen LogP contribution in [0.1, 0.15) is 19.2 Å². The van der Waals surface area contributed by atoms with Crippen molar-refractivity contribution >= 4 is 5.69 Å². The average Bonchev–Trinajstić information content (AvgIpc) is 2.80. The smallest absolute Gasteiger partial charge is 0.161 e. The van der Waals surface area contributed by atoms with Crippen molar-refractivity contribution in [2.75, 3.05) is 5.32 Å². The molecule has 0 fully saturated rings. The van der Waals surface area contributed by atoms with Crippen molar-refractivity contribution in [2.45, 2.75) is 26.4 Å². The van der Waals surface area contributed by atoms with Crippen molar-refractivity contribution in [2.24, 2.45) is 0 Å². The molecule has 19 heavy (non-hydrogen) atoms. The van der Waals surface area contributed by atoms with Gasteiger partial charge in [-0.15, -0.1) is 0 Å². The van der Waals surface area contributed by atoms with Gasteiger partial charge in [-0.2, -0.15) is 0 Å². The highest BCUT2D eigenvalue weighted by Crippen LogP contribution is 2.19. The van der Waals surface area contributed by atoms with Gasteiger partial charge in [0.25, 0.3) is 0 Å². The number of rotatable bonds is 5. The Kier molecular flexibility index (Phi) is 4.09. The number of nitrogens with zero attached hydrogens (tertiary/aromatic N) is 2. The number of aryl methyl sites for hydroxylation is 1. The van der Waals surface area contributed by atoms with Crippen molar-refractivity contribution in [1.29, 1.82) is 0 Å². The normalized spacial score (nSPS) is 10.7. The van der Waals surface area contributed by atoms with Gasteiger partial charge in [-0.05, 0) is 6.42 Å². The molecule has 1 aromatic heterocycles. The van der Waals surface area contributed by atoms with E-state index in [9.17, 15) is 13.2 Å². The number of anilines is 1. The summed E-state index contributed by atoms with van der Waals surface area (Å²) in [6.07, 6.45) is 4.42. The van der Waals surface area contributed by atoms with E-state index in [1.54, 1.807) is 6.20 Å². The minimum absolute atomic E-state index is 0.0788. The van der Waals surface area contributed by atoms with Crippen LogP contribution in [0.4, 0.5) is 18.9 Å². The highest BCUT2D eigenvalue weighted by atomic mass is 19.2. The predicted molar refractivity (Wildman–Crippen MR) is 66.2 cm³/mol. The van der Waals surface area contributed by atoms with Crippen LogP contribution in [-0.4, -0.2) is 9.55 Å². The van der Waals surface area contributed by atoms with E-state index >= 15 is 0 Å². The van der Waals surface area contributed by atoms with Gasteiger partial charge in [0.15, 0.2) is 11.6 Å². The molecule has 0 bridgehead atoms. The predicted octanol–water partition coefficient (Wildman–Crippen LogP) is 3.32. The van der Waals surface area contributed by atoms with E-state index in [2.05, 4.69) is 10.3 Å². The topological polar surface area (TPSA) is 29.9 Å². The number of benzene rings is 1. The van der Waals surface area contributed by atoms with Crippen LogP contribution in [0.3, 0.4) is 0 Å². The Morgan fingerprint density at radius 2 is 1.89 bits per heavy atom. The van der Waals surface area contributed by atoms with Gasteiger partial charge in [0.1, 0.15) is 11.6 Å². The summed E-state index contributed by atoms with van der Waals surface area (Å²) in [6.45, 7) is 3.08. The Morgan fingerprint density at radius 1 is 1.16 bits per heavy atom. The molecule has 0 radical (unpaired) electrons. The van der Waals surface area contributed by atoms with Gasteiger partial charge in [0, 0.05) is 31.1 Å². The summed E-state index contributed by atoms with van der Waals surface area (Å²) in [6, 6.07) is 1.33. The van der Waals surface area contributed by atoms with E-state index in [1.807, 2.05) is 17.7 Å². The van der Waals surface area contributed by atoms with E-state index in [1.165, 1.54) is 0 Å². The highest BCUT2D eigenvalue weighted by Gasteiger charge is 2.10. The molecular weight excluding hydrogens is 255 g/mol. The first kappa shape index (κ1) is 13.5. The second-order valence-corrected chi connectivity index (χ2v) is 4.14. The van der Waals surface area contributed by atoms with Gasteiger partial charge >= 0.3 is 0 Å². The first-order valence-corrected chi connectivity index (χ1v) is 6.00. The molecule has 0 aliphatic carbocycles. The fourth-order valence-corrected chi connectivity index (χ4v) is 1.78. The Bertz CT molecular complexity index is 566. The third-order valence-electron chi connectivity index (χ3n) is 2.71. The summed E-state index contributed by atoms with van der Waals surface area (Å²) in [7, 11) is 0. The molecule has 6 heteroatoms. The molecule has 1 aromatic carbocycles. The molecule has 0 atom stereocenters. The fourth-order valence-electron chi connectivity index (χ4n) is 1.78. The first-order valence-electron chi connectivity index (χ1n) is 6.00. The molecule has 0 unspecified atom stereocenters. The molecule has 2 aromatic rings. The largest absolute Gasteiger partial charge is 0.375 e. The van der Waals surface area contributed by atoms with Gasteiger partial charge < -0.3 is 9.88 Å². The Morgan fingerprint density at radius 3 is 2.63 bits per heavy atom. The lowest BCUT2D eigenvalue weighted by atomic mass is 10.3. The summed E-state index contributed by atoms with van der Waals surface area (Å²) in [5, 5.41) is 2.72. The molecule has 0 amide bonds. The number of nitrogens with one attached hydrogen (secondary N) is 1. The number of aromatic nitrogens is 2. The molecule has 0 aliphatic heterocycles. The number of imidazole rings is 1. The van der Waals surface area contributed by atoms with E-state index in [-0.39, 0.29) is 12.2 Å². The number of hydrogen-bond donors (Lipinski definition) is 1. The van der Waals surface area contributed by atoms with Crippen molar-refractivity contribution < 1.29 is 13.2 Å². The second-order valence-electron chi connectivity index (χ2n) is 4.14. The van der Waals surface area contributed by atoms with Crippen molar-refractivity contribution in [3.05, 3.63) is 47.8 Å². The zero-order valence-electron chi connectivity index (χ0n) is 10.5. The summed E-state index contributed by atoms with van der Waals surface area (Å²) in [4.78, 5) is 4.13. The van der Waals surface area contributed by atoms with E-state index in [0.717, 1.165) is 19.0 Å². The summed E-state index contributed by atoms with van der Waals surface area (Å²) in [5.74, 6) is -2.39. The average molecular weight is 269 g/mol. The van der Waals surface area contributed by atoms with E-state index < -0.39 is 17.5 Å². The van der Waals surface area contributed by atoms with Gasteiger partial charge in [0.05, 0.1) is 12.2 Å². The SMILES string of the molecule is CCCn1ccnc1CNc1cc(F)c(F)cc1F. The standard InChI is InChI=1S/C13H14F3N3/c1-2-4-19-5-3-17-13(19)8-18-12-7-10(15)9(14)6-11(12)16/h3,5-7,18H,2,4,8H2,1H3. The van der Waals surface area contributed by atoms with Crippen LogP contribution < -0.4 is 5.32 Å². The lowest BCUT2D eigenvalue weighted by Gasteiger charge is -2.10. The summed E-state index contributed by atoms with van der Waals surface area (Å²) in [5.41, 5.74) is -0.0788. The molecular formula is C13H14F3N3. The lowest BCUT2D eigenvalue weighted by molar-refractivity contribution is 0.496. The van der Waals surface area contributed by atoms with Crippen molar-refractivity contribution in [1.82, 2.24) is 9.55 Å². The molecule has 2 rings (SSSR count). The lowest BCUT2D eigenvalue weighted by Crippen LogP contribution is -2.09. The van der Waals surface area contributed by atoms with Crippen LogP contribution in [0.2, 0.25) is 0 Å². The van der Waals surface area contributed by atoms with E-state index in [4.69, 9.17) is 0 Å². The van der Waals surface area contributed by atoms with Crippen LogP contribution >= 0.6 is 0 Å². The van der Waals surface area contributed by atoms with Gasteiger partial charge in [-0.1, -0.05) is 6.92 Å². The Labute approximate surface area is 109 Å². The van der Waals surface area contributed by atoms with Crippen LogP contribution in [0.15, 0.2) is 24.5 Å². The molecule has 0 spiro atoms. The van der Waals surface area contributed by atoms with Crippen LogP contribution in [0.5, 0.6) is 0 Å². The maximum Gasteiger partial charge on any atom is 0.161 e. The molecule has 1 heterocycles. The van der Waals surface area contributed by atoms with Gasteiger partial charge in [-0.25, -0.2) is 18.2 Å². The maximum atomic E-state index is 13.4. The zero-order chi connectivity index (χ0) is 13.8. The Balaban J connectivity index is 2.10. The summed E-state index contributed by atoms with van der Waals surface area (Å²) >= 11 is 0. The van der Waals surface area contributed by atoms with Crippen LogP contribution in [0.25, 0.3) is 0 Å². The number of halogens is 3. The molecule has 0 saturated carbocycles. The van der Waals surface area contributed by atoms with Crippen LogP contribution in [0, 0.1) is 17.5 Å². The van der Waals surface area contributed by atoms with Crippen LogP contribution in [-0.2, 0) is 13.1 Å². The maximum absolute atomic E-state index is 13.4. The molecule has 0 aliphatic rings. The molecule has 3 nitrogen and oxygen atoms in total. The third-order valence-corrected chi connectivity index (χ3v) is 2.71. The van der Waals surface area contributed by atoms with Gasteiger partial charge in [-0.3, -0.25) is 0 Å².